The fraction of sp³-hybridized carbons (Fsp3) is 0.217. The van der Waals surface area contributed by atoms with Crippen LogP contribution in [-0.2, 0) is 6.54 Å². The van der Waals surface area contributed by atoms with Gasteiger partial charge in [-0.15, -0.1) is 0 Å². The van der Waals surface area contributed by atoms with Crippen molar-refractivity contribution in [3.63, 3.8) is 0 Å². The summed E-state index contributed by atoms with van der Waals surface area (Å²) in [6.45, 7) is 2.56. The zero-order valence-electron chi connectivity index (χ0n) is 16.1. The highest BCUT2D eigenvalue weighted by atomic mass is 19.1. The molecule has 1 aliphatic heterocycles. The molecule has 0 spiro atoms. The van der Waals surface area contributed by atoms with E-state index in [1.165, 1.54) is 36.9 Å². The smallest absolute Gasteiger partial charge is 0.253 e. The third kappa shape index (κ3) is 4.90. The molecular weight excluding hydrogens is 367 g/mol. The first-order chi connectivity index (χ1) is 14.2. The molecule has 1 aromatic heterocycles. The van der Waals surface area contributed by atoms with Crippen LogP contribution < -0.4 is 15.5 Å². The highest BCUT2D eigenvalue weighted by Crippen LogP contribution is 2.24. The summed E-state index contributed by atoms with van der Waals surface area (Å²) >= 11 is 0. The van der Waals surface area contributed by atoms with Gasteiger partial charge in [-0.05, 0) is 60.9 Å². The molecule has 0 atom stereocenters. The van der Waals surface area contributed by atoms with Gasteiger partial charge in [-0.2, -0.15) is 0 Å². The number of carbonyl (C=O) groups is 1. The molecule has 0 saturated carbocycles. The van der Waals surface area contributed by atoms with Crippen LogP contribution in [0.2, 0.25) is 0 Å². The average Bonchev–Trinajstić information content (AvgIpc) is 3.29. The van der Waals surface area contributed by atoms with Crippen molar-refractivity contribution in [1.29, 1.82) is 0 Å². The van der Waals surface area contributed by atoms with E-state index < -0.39 is 0 Å². The third-order valence-corrected chi connectivity index (χ3v) is 4.99. The van der Waals surface area contributed by atoms with Crippen molar-refractivity contribution in [3.8, 4) is 0 Å². The Kier molecular flexibility index (Phi) is 5.70. The first-order valence-corrected chi connectivity index (χ1v) is 9.77. The predicted molar refractivity (Wildman–Crippen MR) is 113 cm³/mol. The maximum atomic E-state index is 13.0. The molecule has 5 nitrogen and oxygen atoms in total. The molecule has 148 valence electrons. The number of benzene rings is 2. The molecule has 1 fully saturated rings. The van der Waals surface area contributed by atoms with Crippen LogP contribution in [0, 0.1) is 5.82 Å². The van der Waals surface area contributed by atoms with Gasteiger partial charge in [-0.1, -0.05) is 12.1 Å². The van der Waals surface area contributed by atoms with E-state index in [2.05, 4.69) is 32.7 Å². The van der Waals surface area contributed by atoms with Crippen LogP contribution in [0.5, 0.6) is 0 Å². The fourth-order valence-corrected chi connectivity index (χ4v) is 3.42. The maximum Gasteiger partial charge on any atom is 0.253 e. The Labute approximate surface area is 169 Å². The summed E-state index contributed by atoms with van der Waals surface area (Å²) in [5, 5.41) is 6.12. The summed E-state index contributed by atoms with van der Waals surface area (Å²) in [4.78, 5) is 19.0. The van der Waals surface area contributed by atoms with Crippen LogP contribution in [0.3, 0.4) is 0 Å². The van der Waals surface area contributed by atoms with Crippen LogP contribution in [0.25, 0.3) is 0 Å². The minimum absolute atomic E-state index is 0.227. The first kappa shape index (κ1) is 18.9. The number of anilines is 3. The lowest BCUT2D eigenvalue weighted by atomic mass is 10.2. The van der Waals surface area contributed by atoms with Crippen molar-refractivity contribution < 1.29 is 9.18 Å². The van der Waals surface area contributed by atoms with Crippen molar-refractivity contribution in [2.45, 2.75) is 19.4 Å². The molecular formula is C23H23FN4O. The van der Waals surface area contributed by atoms with Crippen molar-refractivity contribution in [1.82, 2.24) is 10.3 Å². The Bertz CT molecular complexity index is 967. The van der Waals surface area contributed by atoms with Crippen LogP contribution in [0.1, 0.15) is 28.8 Å². The first-order valence-electron chi connectivity index (χ1n) is 9.77. The van der Waals surface area contributed by atoms with Crippen molar-refractivity contribution in [2.75, 3.05) is 23.3 Å². The molecule has 6 heteroatoms. The van der Waals surface area contributed by atoms with E-state index in [0.29, 0.717) is 12.1 Å². The average molecular weight is 390 g/mol. The van der Waals surface area contributed by atoms with Gasteiger partial charge in [0, 0.05) is 37.2 Å². The van der Waals surface area contributed by atoms with Gasteiger partial charge < -0.3 is 15.5 Å². The van der Waals surface area contributed by atoms with Crippen molar-refractivity contribution in [2.24, 2.45) is 0 Å². The normalized spacial score (nSPS) is 13.3. The molecule has 1 aliphatic rings. The van der Waals surface area contributed by atoms with Crippen LogP contribution >= 0.6 is 0 Å². The van der Waals surface area contributed by atoms with Gasteiger partial charge in [0.1, 0.15) is 5.82 Å². The van der Waals surface area contributed by atoms with E-state index in [9.17, 15) is 9.18 Å². The molecule has 0 radical (unpaired) electrons. The zero-order valence-corrected chi connectivity index (χ0v) is 16.1. The molecule has 3 aromatic rings. The lowest BCUT2D eigenvalue weighted by Gasteiger charge is -2.18. The van der Waals surface area contributed by atoms with Crippen molar-refractivity contribution in [3.05, 3.63) is 83.9 Å². The summed E-state index contributed by atoms with van der Waals surface area (Å²) < 4.78 is 13.0. The highest BCUT2D eigenvalue weighted by molar-refractivity contribution is 5.94. The lowest BCUT2D eigenvalue weighted by molar-refractivity contribution is 0.0950. The number of hydrogen-bond acceptors (Lipinski definition) is 4. The van der Waals surface area contributed by atoms with Gasteiger partial charge >= 0.3 is 0 Å². The van der Waals surface area contributed by atoms with Gasteiger partial charge in [0.2, 0.25) is 0 Å². The number of halogens is 1. The van der Waals surface area contributed by atoms with E-state index in [4.69, 9.17) is 0 Å². The summed E-state index contributed by atoms with van der Waals surface area (Å²) in [7, 11) is 0. The Morgan fingerprint density at radius 3 is 2.41 bits per heavy atom. The van der Waals surface area contributed by atoms with Gasteiger partial charge in [-0.3, -0.25) is 9.78 Å². The second kappa shape index (κ2) is 8.73. The number of hydrogen-bond donors (Lipinski definition) is 2. The lowest BCUT2D eigenvalue weighted by Crippen LogP contribution is -2.23. The SMILES string of the molecule is O=C(NCc1ccc(F)cc1)c1cncc(Nc2ccc(N3CCCC3)cc2)c1. The molecule has 2 heterocycles. The highest BCUT2D eigenvalue weighted by Gasteiger charge is 2.12. The summed E-state index contributed by atoms with van der Waals surface area (Å²) in [5.74, 6) is -0.522. The summed E-state index contributed by atoms with van der Waals surface area (Å²) in [6, 6.07) is 16.1. The summed E-state index contributed by atoms with van der Waals surface area (Å²) in [6.07, 6.45) is 5.72. The standard InChI is InChI=1S/C23H23FN4O/c24-19-5-3-17(4-6-19)14-26-23(29)18-13-21(16-25-15-18)27-20-7-9-22(10-8-20)28-11-1-2-12-28/h3-10,13,15-16,27H,1-2,11-12,14H2,(H,26,29). The number of rotatable bonds is 6. The second-order valence-electron chi connectivity index (χ2n) is 7.14. The number of nitrogens with one attached hydrogen (secondary N) is 2. The Hall–Kier alpha value is -3.41. The van der Waals surface area contributed by atoms with Crippen LogP contribution in [0.15, 0.2) is 67.0 Å². The van der Waals surface area contributed by atoms with Crippen LogP contribution in [0.4, 0.5) is 21.5 Å². The number of nitrogens with zero attached hydrogens (tertiary/aromatic N) is 2. The number of carbonyl (C=O) groups excluding carboxylic acids is 1. The monoisotopic (exact) mass is 390 g/mol. The van der Waals surface area contributed by atoms with E-state index in [1.54, 1.807) is 24.4 Å². The zero-order chi connectivity index (χ0) is 20.1. The van der Waals surface area contributed by atoms with Crippen LogP contribution in [-0.4, -0.2) is 24.0 Å². The van der Waals surface area contributed by atoms with Gasteiger partial charge in [0.05, 0.1) is 17.4 Å². The number of pyridine rings is 1. The van der Waals surface area contributed by atoms with E-state index in [-0.39, 0.29) is 11.7 Å². The molecule has 0 bridgehead atoms. The molecule has 1 saturated heterocycles. The summed E-state index contributed by atoms with van der Waals surface area (Å²) in [5.41, 5.74) is 4.22. The number of amides is 1. The molecule has 2 aromatic carbocycles. The largest absolute Gasteiger partial charge is 0.372 e. The van der Waals surface area contributed by atoms with Gasteiger partial charge in [0.25, 0.3) is 5.91 Å². The van der Waals surface area contributed by atoms with E-state index in [0.717, 1.165) is 30.0 Å². The van der Waals surface area contributed by atoms with Gasteiger partial charge in [-0.25, -0.2) is 4.39 Å². The van der Waals surface area contributed by atoms with E-state index >= 15 is 0 Å². The minimum atomic E-state index is -0.295. The Balaban J connectivity index is 1.37. The predicted octanol–water partition coefficient (Wildman–Crippen LogP) is 4.49. The molecule has 0 aliphatic carbocycles. The maximum absolute atomic E-state index is 13.0. The van der Waals surface area contributed by atoms with Gasteiger partial charge in [0.15, 0.2) is 0 Å². The molecule has 2 N–H and O–H groups in total. The number of aromatic nitrogens is 1. The molecule has 0 unspecified atom stereocenters. The molecule has 29 heavy (non-hydrogen) atoms. The Morgan fingerprint density at radius 1 is 0.966 bits per heavy atom. The minimum Gasteiger partial charge on any atom is -0.372 e. The second-order valence-corrected chi connectivity index (χ2v) is 7.14. The molecule has 4 rings (SSSR count). The Morgan fingerprint density at radius 2 is 1.69 bits per heavy atom. The fourth-order valence-electron chi connectivity index (χ4n) is 3.42. The third-order valence-electron chi connectivity index (χ3n) is 4.99. The molecule has 1 amide bonds. The quantitative estimate of drug-likeness (QED) is 0.651. The van der Waals surface area contributed by atoms with E-state index in [1.807, 2.05) is 12.1 Å². The van der Waals surface area contributed by atoms with Crippen molar-refractivity contribution >= 4 is 23.0 Å². The topological polar surface area (TPSA) is 57.3 Å².